The maximum Gasteiger partial charge on any atom is 0.141 e. The van der Waals surface area contributed by atoms with Crippen molar-refractivity contribution in [3.8, 4) is 0 Å². The molecule has 0 aliphatic carbocycles. The summed E-state index contributed by atoms with van der Waals surface area (Å²) < 4.78 is 13.2. The van der Waals surface area contributed by atoms with Crippen molar-refractivity contribution >= 4 is 11.6 Å². The molecule has 20 heavy (non-hydrogen) atoms. The molecule has 1 N–H and O–H groups in total. The van der Waals surface area contributed by atoms with Crippen LogP contribution in [0.5, 0.6) is 0 Å². The quantitative estimate of drug-likeness (QED) is 0.909. The lowest BCUT2D eigenvalue weighted by Crippen LogP contribution is -2.62. The summed E-state index contributed by atoms with van der Waals surface area (Å²) in [5, 5.41) is 3.90. The van der Waals surface area contributed by atoms with Crippen LogP contribution >= 0.6 is 11.6 Å². The standard InChI is InChI=1S/C16H24ClFN2/c1-4-16(5-2)11-20(12(3)9-19-16)10-13-6-7-15(18)14(17)8-13/h6-8,12,19H,4-5,9-11H2,1-3H3. The molecule has 1 atom stereocenters. The van der Waals surface area contributed by atoms with Gasteiger partial charge in [0.05, 0.1) is 5.02 Å². The average Bonchev–Trinajstić information content (AvgIpc) is 2.46. The molecule has 0 saturated carbocycles. The van der Waals surface area contributed by atoms with Crippen LogP contribution in [0.15, 0.2) is 18.2 Å². The van der Waals surface area contributed by atoms with Crippen molar-refractivity contribution in [2.24, 2.45) is 0 Å². The second kappa shape index (κ2) is 6.42. The minimum absolute atomic E-state index is 0.205. The molecule has 1 aliphatic heterocycles. The highest BCUT2D eigenvalue weighted by molar-refractivity contribution is 6.30. The lowest BCUT2D eigenvalue weighted by Gasteiger charge is -2.46. The summed E-state index contributed by atoms with van der Waals surface area (Å²) in [6.45, 7) is 9.55. The minimum Gasteiger partial charge on any atom is -0.308 e. The predicted molar refractivity (Wildman–Crippen MR) is 82.6 cm³/mol. The van der Waals surface area contributed by atoms with Crippen molar-refractivity contribution in [3.63, 3.8) is 0 Å². The smallest absolute Gasteiger partial charge is 0.141 e. The Morgan fingerprint density at radius 1 is 1.40 bits per heavy atom. The van der Waals surface area contributed by atoms with E-state index in [2.05, 4.69) is 31.0 Å². The normalized spacial score (nSPS) is 22.9. The molecule has 1 unspecified atom stereocenters. The molecular formula is C16H24ClFN2. The molecule has 0 amide bonds. The molecule has 1 fully saturated rings. The van der Waals surface area contributed by atoms with Gasteiger partial charge in [-0.15, -0.1) is 0 Å². The summed E-state index contributed by atoms with van der Waals surface area (Å²) in [6.07, 6.45) is 2.24. The maximum atomic E-state index is 13.2. The Balaban J connectivity index is 2.11. The zero-order valence-electron chi connectivity index (χ0n) is 12.5. The zero-order valence-corrected chi connectivity index (χ0v) is 13.3. The molecule has 4 heteroatoms. The Hall–Kier alpha value is -0.640. The van der Waals surface area contributed by atoms with Gasteiger partial charge in [-0.25, -0.2) is 4.39 Å². The van der Waals surface area contributed by atoms with Crippen molar-refractivity contribution in [1.82, 2.24) is 10.2 Å². The second-order valence-electron chi connectivity index (χ2n) is 5.87. The Morgan fingerprint density at radius 2 is 2.10 bits per heavy atom. The van der Waals surface area contributed by atoms with E-state index in [0.29, 0.717) is 6.04 Å². The molecule has 1 aliphatic rings. The largest absolute Gasteiger partial charge is 0.308 e. The summed E-state index contributed by atoms with van der Waals surface area (Å²) >= 11 is 5.87. The van der Waals surface area contributed by atoms with Crippen LogP contribution < -0.4 is 5.32 Å². The van der Waals surface area contributed by atoms with Gasteiger partial charge in [0.1, 0.15) is 5.82 Å². The average molecular weight is 299 g/mol. The fourth-order valence-electron chi connectivity index (χ4n) is 2.90. The molecule has 2 nitrogen and oxygen atoms in total. The molecule has 1 aromatic carbocycles. The third kappa shape index (κ3) is 3.33. The summed E-state index contributed by atoms with van der Waals surface area (Å²) in [4.78, 5) is 2.47. The summed E-state index contributed by atoms with van der Waals surface area (Å²) in [5.41, 5.74) is 1.28. The Bertz CT molecular complexity index is 460. The topological polar surface area (TPSA) is 15.3 Å². The third-order valence-corrected chi connectivity index (χ3v) is 4.91. The first-order valence-electron chi connectivity index (χ1n) is 7.42. The lowest BCUT2D eigenvalue weighted by molar-refractivity contribution is 0.0746. The van der Waals surface area contributed by atoms with Crippen molar-refractivity contribution in [1.29, 1.82) is 0 Å². The van der Waals surface area contributed by atoms with Gasteiger partial charge >= 0.3 is 0 Å². The van der Waals surface area contributed by atoms with Crippen LogP contribution in [0.3, 0.4) is 0 Å². The van der Waals surface area contributed by atoms with Crippen molar-refractivity contribution in [2.75, 3.05) is 13.1 Å². The van der Waals surface area contributed by atoms with E-state index < -0.39 is 0 Å². The van der Waals surface area contributed by atoms with E-state index in [-0.39, 0.29) is 16.4 Å². The van der Waals surface area contributed by atoms with E-state index in [1.165, 1.54) is 6.07 Å². The number of piperazine rings is 1. The Kier molecular flexibility index (Phi) is 5.05. The van der Waals surface area contributed by atoms with Crippen LogP contribution in [0, 0.1) is 5.82 Å². The van der Waals surface area contributed by atoms with Crippen molar-refractivity contribution < 1.29 is 4.39 Å². The molecule has 0 spiro atoms. The van der Waals surface area contributed by atoms with E-state index in [1.807, 2.05) is 6.07 Å². The van der Waals surface area contributed by atoms with Gasteiger partial charge in [0.25, 0.3) is 0 Å². The van der Waals surface area contributed by atoms with Crippen LogP contribution in [-0.2, 0) is 6.54 Å². The molecule has 0 bridgehead atoms. The zero-order chi connectivity index (χ0) is 14.8. The molecule has 0 radical (unpaired) electrons. The van der Waals surface area contributed by atoms with E-state index in [1.54, 1.807) is 6.07 Å². The van der Waals surface area contributed by atoms with Gasteiger partial charge in [0, 0.05) is 31.2 Å². The van der Waals surface area contributed by atoms with Crippen LogP contribution in [0.1, 0.15) is 39.2 Å². The minimum atomic E-state index is -0.347. The van der Waals surface area contributed by atoms with Gasteiger partial charge < -0.3 is 5.32 Å². The van der Waals surface area contributed by atoms with Crippen LogP contribution in [-0.4, -0.2) is 29.6 Å². The van der Waals surface area contributed by atoms with Crippen molar-refractivity contribution in [2.45, 2.75) is 51.7 Å². The van der Waals surface area contributed by atoms with E-state index in [9.17, 15) is 4.39 Å². The first-order chi connectivity index (χ1) is 9.49. The van der Waals surface area contributed by atoms with Crippen molar-refractivity contribution in [3.05, 3.63) is 34.6 Å². The third-order valence-electron chi connectivity index (χ3n) is 4.62. The number of hydrogen-bond donors (Lipinski definition) is 1. The predicted octanol–water partition coefficient (Wildman–Crippen LogP) is 3.83. The Morgan fingerprint density at radius 3 is 2.70 bits per heavy atom. The number of nitrogens with zero attached hydrogens (tertiary/aromatic N) is 1. The number of nitrogens with one attached hydrogen (secondary N) is 1. The van der Waals surface area contributed by atoms with Gasteiger partial charge in [-0.1, -0.05) is 31.5 Å². The monoisotopic (exact) mass is 298 g/mol. The van der Waals surface area contributed by atoms with Crippen LogP contribution in [0.4, 0.5) is 4.39 Å². The fraction of sp³-hybridized carbons (Fsp3) is 0.625. The Labute approximate surface area is 126 Å². The number of benzene rings is 1. The summed E-state index contributed by atoms with van der Waals surface area (Å²) in [7, 11) is 0. The van der Waals surface area contributed by atoms with Gasteiger partial charge in [-0.2, -0.15) is 0 Å². The summed E-state index contributed by atoms with van der Waals surface area (Å²) in [6, 6.07) is 5.50. The van der Waals surface area contributed by atoms with Gasteiger partial charge in [0.2, 0.25) is 0 Å². The van der Waals surface area contributed by atoms with E-state index in [4.69, 9.17) is 11.6 Å². The number of rotatable bonds is 4. The molecule has 1 heterocycles. The second-order valence-corrected chi connectivity index (χ2v) is 6.28. The highest BCUT2D eigenvalue weighted by Gasteiger charge is 2.34. The highest BCUT2D eigenvalue weighted by Crippen LogP contribution is 2.25. The molecule has 1 saturated heterocycles. The molecule has 2 rings (SSSR count). The maximum absolute atomic E-state index is 13.2. The number of hydrogen-bond acceptors (Lipinski definition) is 2. The first-order valence-corrected chi connectivity index (χ1v) is 7.80. The van der Waals surface area contributed by atoms with Gasteiger partial charge in [-0.3, -0.25) is 4.90 Å². The van der Waals surface area contributed by atoms with E-state index >= 15 is 0 Å². The van der Waals surface area contributed by atoms with Gasteiger partial charge in [-0.05, 0) is 37.5 Å². The van der Waals surface area contributed by atoms with Gasteiger partial charge in [0.15, 0.2) is 0 Å². The van der Waals surface area contributed by atoms with Crippen LogP contribution in [0.2, 0.25) is 5.02 Å². The first kappa shape index (κ1) is 15.7. The molecule has 0 aromatic heterocycles. The molecule has 112 valence electrons. The highest BCUT2D eigenvalue weighted by atomic mass is 35.5. The van der Waals surface area contributed by atoms with Crippen LogP contribution in [0.25, 0.3) is 0 Å². The molecular weight excluding hydrogens is 275 g/mol. The lowest BCUT2D eigenvalue weighted by atomic mass is 9.88. The fourth-order valence-corrected chi connectivity index (χ4v) is 3.10. The molecule has 1 aromatic rings. The number of halogens is 2. The SMILES string of the molecule is CCC1(CC)CN(Cc2ccc(F)c(Cl)c2)C(C)CN1. The van der Waals surface area contributed by atoms with E-state index in [0.717, 1.165) is 38.0 Å². The summed E-state index contributed by atoms with van der Waals surface area (Å²) in [5.74, 6) is -0.347.